The molecule has 4 rings (SSSR count). The van der Waals surface area contributed by atoms with Gasteiger partial charge in [0.15, 0.2) is 0 Å². The van der Waals surface area contributed by atoms with Gasteiger partial charge in [0.1, 0.15) is 11.4 Å². The van der Waals surface area contributed by atoms with Crippen LogP contribution in [0.25, 0.3) is 22.5 Å². The average molecular weight is 313 g/mol. The first-order valence-electron chi connectivity index (χ1n) is 7.69. The Bertz CT molecular complexity index is 832. The minimum absolute atomic E-state index is 0.538. The van der Waals surface area contributed by atoms with E-state index < -0.39 is 0 Å². The third-order valence-electron chi connectivity index (χ3n) is 4.29. The lowest BCUT2D eigenvalue weighted by Gasteiger charge is -2.25. The number of piperazine rings is 1. The van der Waals surface area contributed by atoms with E-state index in [2.05, 4.69) is 26.4 Å². The van der Waals surface area contributed by atoms with Gasteiger partial charge >= 0.3 is 0 Å². The molecule has 1 aliphatic heterocycles. The highest BCUT2D eigenvalue weighted by molar-refractivity contribution is 5.86. The van der Waals surface area contributed by atoms with Gasteiger partial charge in [-0.1, -0.05) is 0 Å². The van der Waals surface area contributed by atoms with Gasteiger partial charge < -0.3 is 24.0 Å². The third kappa shape index (κ3) is 2.43. The van der Waals surface area contributed by atoms with Crippen molar-refractivity contribution in [3.05, 3.63) is 24.3 Å². The number of nitrogens with zero attached hydrogens (tertiary/aromatic N) is 4. The maximum atomic E-state index is 5.50. The van der Waals surface area contributed by atoms with Gasteiger partial charge in [0, 0.05) is 44.7 Å². The van der Waals surface area contributed by atoms with E-state index >= 15 is 0 Å². The summed E-state index contributed by atoms with van der Waals surface area (Å²) in [7, 11) is 3.66. The molecule has 1 saturated heterocycles. The zero-order chi connectivity index (χ0) is 15.8. The van der Waals surface area contributed by atoms with Crippen molar-refractivity contribution in [2.45, 2.75) is 0 Å². The van der Waals surface area contributed by atoms with E-state index in [9.17, 15) is 0 Å². The molecule has 0 unspecified atom stereocenters. The fourth-order valence-electron chi connectivity index (χ4n) is 2.96. The molecule has 7 heteroatoms. The van der Waals surface area contributed by atoms with Gasteiger partial charge in [0.2, 0.25) is 0 Å². The largest absolute Gasteiger partial charge is 0.497 e. The molecule has 1 fully saturated rings. The molecule has 0 radical (unpaired) electrons. The Balaban J connectivity index is 1.71. The number of aromatic nitrogens is 3. The maximum Gasteiger partial charge on any atom is 0.276 e. The number of aryl methyl sites for hydroxylation is 1. The van der Waals surface area contributed by atoms with E-state index in [4.69, 9.17) is 9.26 Å². The molecule has 0 bridgehead atoms. The first kappa shape index (κ1) is 14.1. The lowest BCUT2D eigenvalue weighted by Crippen LogP contribution is -2.44. The number of hydrogen-bond donors (Lipinski definition) is 1. The number of hydrogen-bond acceptors (Lipinski definition) is 6. The minimum Gasteiger partial charge on any atom is -0.497 e. The van der Waals surface area contributed by atoms with Gasteiger partial charge in [0.05, 0.1) is 12.6 Å². The highest BCUT2D eigenvalue weighted by Gasteiger charge is 2.19. The highest BCUT2D eigenvalue weighted by atomic mass is 16.5. The van der Waals surface area contributed by atoms with E-state index in [0.717, 1.165) is 48.5 Å². The summed E-state index contributed by atoms with van der Waals surface area (Å²) in [5.41, 5.74) is 1.98. The Morgan fingerprint density at radius 3 is 2.83 bits per heavy atom. The van der Waals surface area contributed by atoms with Crippen molar-refractivity contribution in [1.29, 1.82) is 0 Å². The average Bonchev–Trinajstić information content (AvgIpc) is 3.20. The van der Waals surface area contributed by atoms with E-state index in [1.54, 1.807) is 7.11 Å². The van der Waals surface area contributed by atoms with Crippen LogP contribution in [0.15, 0.2) is 28.8 Å². The molecule has 1 aromatic carbocycles. The normalized spacial score (nSPS) is 15.3. The number of anilines is 1. The van der Waals surface area contributed by atoms with Crippen LogP contribution in [0.5, 0.6) is 5.75 Å². The Kier molecular flexibility index (Phi) is 3.42. The highest BCUT2D eigenvalue weighted by Crippen LogP contribution is 2.29. The second-order valence-corrected chi connectivity index (χ2v) is 5.65. The number of ether oxygens (including phenoxy) is 1. The fraction of sp³-hybridized carbons (Fsp3) is 0.375. The summed E-state index contributed by atoms with van der Waals surface area (Å²) in [5.74, 6) is 2.03. The molecular weight excluding hydrogens is 294 g/mol. The van der Waals surface area contributed by atoms with Crippen LogP contribution in [0.1, 0.15) is 0 Å². The Morgan fingerprint density at radius 1 is 1.22 bits per heavy atom. The van der Waals surface area contributed by atoms with Crippen LogP contribution in [0.4, 0.5) is 5.95 Å². The molecular formula is C16H19N5O2. The molecule has 0 aliphatic carbocycles. The Hall–Kier alpha value is -2.54. The maximum absolute atomic E-state index is 5.50. The van der Waals surface area contributed by atoms with Gasteiger partial charge in [-0.2, -0.15) is 4.98 Å². The molecule has 7 nitrogen and oxygen atoms in total. The number of fused-ring (bicyclic) bond motifs is 1. The fourth-order valence-corrected chi connectivity index (χ4v) is 2.96. The van der Waals surface area contributed by atoms with Crippen LogP contribution in [-0.4, -0.2) is 48.0 Å². The lowest BCUT2D eigenvalue weighted by atomic mass is 10.2. The second kappa shape index (κ2) is 5.58. The van der Waals surface area contributed by atoms with E-state index in [0.29, 0.717) is 11.8 Å². The van der Waals surface area contributed by atoms with Gasteiger partial charge in [0.25, 0.3) is 11.8 Å². The topological polar surface area (TPSA) is 68.3 Å². The number of methoxy groups -OCH3 is 1. The Labute approximate surface area is 133 Å². The summed E-state index contributed by atoms with van der Waals surface area (Å²) in [5, 5.41) is 8.57. The van der Waals surface area contributed by atoms with Gasteiger partial charge in [-0.15, -0.1) is 0 Å². The molecule has 23 heavy (non-hydrogen) atoms. The molecule has 120 valence electrons. The smallest absolute Gasteiger partial charge is 0.276 e. The number of benzene rings is 1. The molecule has 3 heterocycles. The summed E-state index contributed by atoms with van der Waals surface area (Å²) in [4.78, 5) is 6.71. The van der Waals surface area contributed by atoms with Crippen molar-refractivity contribution in [1.82, 2.24) is 20.0 Å². The van der Waals surface area contributed by atoms with Crippen molar-refractivity contribution in [3.63, 3.8) is 0 Å². The molecule has 0 spiro atoms. The lowest BCUT2D eigenvalue weighted by molar-refractivity contribution is 0.415. The summed E-state index contributed by atoms with van der Waals surface area (Å²) >= 11 is 0. The SMILES string of the molecule is COc1ccc2cc(-c3nc(N4CCNCC4)no3)n(C)c2c1. The molecule has 1 N–H and O–H groups in total. The molecule has 1 aliphatic rings. The first-order chi connectivity index (χ1) is 11.3. The molecule has 3 aromatic rings. The van der Waals surface area contributed by atoms with Gasteiger partial charge in [-0.05, 0) is 23.4 Å². The van der Waals surface area contributed by atoms with Crippen LogP contribution in [0, 0.1) is 0 Å². The van der Waals surface area contributed by atoms with Crippen LogP contribution in [0.3, 0.4) is 0 Å². The monoisotopic (exact) mass is 313 g/mol. The van der Waals surface area contributed by atoms with Crippen LogP contribution in [0.2, 0.25) is 0 Å². The second-order valence-electron chi connectivity index (χ2n) is 5.65. The standard InChI is InChI=1S/C16H19N5O2/c1-20-13-10-12(22-2)4-3-11(13)9-14(20)15-18-16(19-23-15)21-7-5-17-6-8-21/h3-4,9-10,17H,5-8H2,1-2H3. The van der Waals surface area contributed by atoms with Crippen molar-refractivity contribution in [3.8, 4) is 17.3 Å². The summed E-state index contributed by atoms with van der Waals surface area (Å²) in [6.07, 6.45) is 0. The summed E-state index contributed by atoms with van der Waals surface area (Å²) in [6.45, 7) is 3.67. The zero-order valence-electron chi connectivity index (χ0n) is 13.2. The molecule has 0 atom stereocenters. The molecule has 2 aromatic heterocycles. The van der Waals surface area contributed by atoms with E-state index in [1.807, 2.05) is 29.8 Å². The van der Waals surface area contributed by atoms with Gasteiger partial charge in [-0.25, -0.2) is 0 Å². The van der Waals surface area contributed by atoms with Crippen LogP contribution >= 0.6 is 0 Å². The first-order valence-corrected chi connectivity index (χ1v) is 7.69. The van der Waals surface area contributed by atoms with Crippen LogP contribution in [-0.2, 0) is 7.05 Å². The number of rotatable bonds is 3. The number of nitrogens with one attached hydrogen (secondary N) is 1. The summed E-state index contributed by atoms with van der Waals surface area (Å²) < 4.78 is 12.8. The van der Waals surface area contributed by atoms with Crippen molar-refractivity contribution in [2.24, 2.45) is 7.05 Å². The zero-order valence-corrected chi connectivity index (χ0v) is 13.2. The molecule has 0 saturated carbocycles. The van der Waals surface area contributed by atoms with Crippen molar-refractivity contribution >= 4 is 16.9 Å². The van der Waals surface area contributed by atoms with Crippen molar-refractivity contribution in [2.75, 3.05) is 38.2 Å². The third-order valence-corrected chi connectivity index (χ3v) is 4.29. The Morgan fingerprint density at radius 2 is 2.04 bits per heavy atom. The summed E-state index contributed by atoms with van der Waals surface area (Å²) in [6, 6.07) is 8.05. The van der Waals surface area contributed by atoms with Gasteiger partial charge in [-0.3, -0.25) is 0 Å². The van der Waals surface area contributed by atoms with Crippen molar-refractivity contribution < 1.29 is 9.26 Å². The minimum atomic E-state index is 0.538. The van der Waals surface area contributed by atoms with Crippen LogP contribution < -0.4 is 15.0 Å². The van der Waals surface area contributed by atoms with E-state index in [1.165, 1.54) is 0 Å². The predicted molar refractivity (Wildman–Crippen MR) is 87.8 cm³/mol. The molecule has 0 amide bonds. The predicted octanol–water partition coefficient (Wildman–Crippen LogP) is 1.65. The van der Waals surface area contributed by atoms with E-state index in [-0.39, 0.29) is 0 Å². The quantitative estimate of drug-likeness (QED) is 0.793.